The van der Waals surface area contributed by atoms with E-state index in [1.54, 1.807) is 6.92 Å². The molecule has 5 unspecified atom stereocenters. The van der Waals surface area contributed by atoms with Crippen molar-refractivity contribution in [1.82, 2.24) is 16.0 Å². The van der Waals surface area contributed by atoms with Crippen molar-refractivity contribution >= 4 is 41.4 Å². The zero-order valence-electron chi connectivity index (χ0n) is 19.8. The Kier molecular flexibility index (Phi) is 14.9. The first-order valence-corrected chi connectivity index (χ1v) is 12.3. The third-order valence-electron chi connectivity index (χ3n) is 5.07. The number of thioether (sulfide) groups is 1. The summed E-state index contributed by atoms with van der Waals surface area (Å²) in [5.74, 6) is -2.52. The summed E-state index contributed by atoms with van der Waals surface area (Å²) in [6, 6.07) is -3.81. The molecule has 0 rings (SSSR count). The zero-order chi connectivity index (χ0) is 25.6. The molecule has 0 aromatic carbocycles. The van der Waals surface area contributed by atoms with Gasteiger partial charge in [-0.25, -0.2) is 0 Å². The molecule has 5 atom stereocenters. The van der Waals surface area contributed by atoms with Gasteiger partial charge in [0.05, 0.1) is 6.04 Å². The van der Waals surface area contributed by atoms with E-state index in [0.29, 0.717) is 38.0 Å². The number of rotatable bonds is 16. The molecule has 0 saturated heterocycles. The highest BCUT2D eigenvalue weighted by atomic mass is 32.2. The predicted molar refractivity (Wildman–Crippen MR) is 129 cm³/mol. The molecule has 0 aromatic heterocycles. The molecular weight excluding hydrogens is 450 g/mol. The molecule has 12 nitrogen and oxygen atoms in total. The SMILES string of the molecule is CCC(C)C(NC(=O)C(CCSC)NC(=O)C(N)CCCN=C(N)N)C(=O)NC(C)C(=O)O. The number of hydrogen-bond donors (Lipinski definition) is 7. The van der Waals surface area contributed by atoms with Gasteiger partial charge in [-0.3, -0.25) is 24.2 Å². The van der Waals surface area contributed by atoms with Gasteiger partial charge in [-0.15, -0.1) is 0 Å². The number of nitrogens with one attached hydrogen (secondary N) is 3. The minimum Gasteiger partial charge on any atom is -0.480 e. The van der Waals surface area contributed by atoms with Crippen LogP contribution in [-0.4, -0.2) is 77.5 Å². The molecular formula is C20H39N7O5S. The van der Waals surface area contributed by atoms with Crippen LogP contribution < -0.4 is 33.2 Å². The van der Waals surface area contributed by atoms with Gasteiger partial charge in [0, 0.05) is 6.54 Å². The number of amides is 3. The number of carbonyl (C=O) groups is 4. The van der Waals surface area contributed by atoms with Crippen LogP contribution in [0.3, 0.4) is 0 Å². The lowest BCUT2D eigenvalue weighted by atomic mass is 9.97. The van der Waals surface area contributed by atoms with Crippen molar-refractivity contribution in [3.63, 3.8) is 0 Å². The molecule has 0 saturated carbocycles. The normalized spacial score (nSPS) is 15.3. The number of aliphatic imine (C=N–C) groups is 1. The Hall–Kier alpha value is -2.54. The van der Waals surface area contributed by atoms with E-state index in [2.05, 4.69) is 20.9 Å². The van der Waals surface area contributed by atoms with Gasteiger partial charge in [-0.05, 0) is 44.1 Å². The maximum absolute atomic E-state index is 13.0. The number of nitrogens with zero attached hydrogens (tertiary/aromatic N) is 1. The Bertz CT molecular complexity index is 688. The quantitative estimate of drug-likeness (QED) is 0.0779. The monoisotopic (exact) mass is 489 g/mol. The van der Waals surface area contributed by atoms with Crippen LogP contribution in [0.1, 0.15) is 46.5 Å². The smallest absolute Gasteiger partial charge is 0.325 e. The van der Waals surface area contributed by atoms with E-state index in [4.69, 9.17) is 22.3 Å². The topological polar surface area (TPSA) is 215 Å². The van der Waals surface area contributed by atoms with Crippen molar-refractivity contribution in [2.75, 3.05) is 18.6 Å². The minimum atomic E-state index is -1.18. The van der Waals surface area contributed by atoms with E-state index in [1.807, 2.05) is 13.2 Å². The van der Waals surface area contributed by atoms with Crippen LogP contribution in [0.15, 0.2) is 4.99 Å². The van der Waals surface area contributed by atoms with Crippen molar-refractivity contribution in [1.29, 1.82) is 0 Å². The fraction of sp³-hybridized carbons (Fsp3) is 0.750. The van der Waals surface area contributed by atoms with E-state index in [-0.39, 0.29) is 11.9 Å². The number of nitrogens with two attached hydrogens (primary N) is 3. The molecule has 0 fully saturated rings. The molecule has 3 amide bonds. The molecule has 10 N–H and O–H groups in total. The van der Waals surface area contributed by atoms with E-state index >= 15 is 0 Å². The van der Waals surface area contributed by atoms with E-state index in [1.165, 1.54) is 18.7 Å². The van der Waals surface area contributed by atoms with Gasteiger partial charge in [-0.1, -0.05) is 20.3 Å². The standard InChI is InChI=1S/C20H39N7O5S/c1-5-11(2)15(18(30)25-12(3)19(31)32)27-17(29)14(8-10-33-4)26-16(28)13(21)7-6-9-24-20(22)23/h11-15H,5-10,21H2,1-4H3,(H,25,30)(H,26,28)(H,27,29)(H,31,32)(H4,22,23,24). The summed E-state index contributed by atoms with van der Waals surface area (Å²) < 4.78 is 0. The Morgan fingerprint density at radius 3 is 2.15 bits per heavy atom. The van der Waals surface area contributed by atoms with Gasteiger partial charge in [0.2, 0.25) is 17.7 Å². The molecule has 190 valence electrons. The second kappa shape index (κ2) is 16.1. The number of guanidine groups is 1. The van der Waals surface area contributed by atoms with Gasteiger partial charge < -0.3 is 38.3 Å². The van der Waals surface area contributed by atoms with Crippen LogP contribution in [0.2, 0.25) is 0 Å². The van der Waals surface area contributed by atoms with Crippen molar-refractivity contribution < 1.29 is 24.3 Å². The molecule has 0 aliphatic carbocycles. The van der Waals surface area contributed by atoms with Crippen LogP contribution in [-0.2, 0) is 19.2 Å². The van der Waals surface area contributed by atoms with Crippen molar-refractivity contribution in [2.45, 2.75) is 70.6 Å². The number of aliphatic carboxylic acids is 1. The largest absolute Gasteiger partial charge is 0.480 e. The lowest BCUT2D eigenvalue weighted by Gasteiger charge is -2.27. The number of carbonyl (C=O) groups excluding carboxylic acids is 3. The van der Waals surface area contributed by atoms with Gasteiger partial charge in [-0.2, -0.15) is 11.8 Å². The fourth-order valence-corrected chi connectivity index (χ4v) is 3.23. The molecule has 0 aliphatic heterocycles. The first-order valence-electron chi connectivity index (χ1n) is 10.9. The zero-order valence-corrected chi connectivity index (χ0v) is 20.6. The number of carboxylic acid groups (broad SMARTS) is 1. The molecule has 33 heavy (non-hydrogen) atoms. The maximum atomic E-state index is 13.0. The van der Waals surface area contributed by atoms with Gasteiger partial charge >= 0.3 is 5.97 Å². The van der Waals surface area contributed by atoms with E-state index < -0.39 is 47.9 Å². The Morgan fingerprint density at radius 2 is 1.64 bits per heavy atom. The van der Waals surface area contributed by atoms with Crippen LogP contribution >= 0.6 is 11.8 Å². The Balaban J connectivity index is 5.24. The molecule has 0 radical (unpaired) electrons. The van der Waals surface area contributed by atoms with Crippen LogP contribution in [0, 0.1) is 5.92 Å². The summed E-state index contributed by atoms with van der Waals surface area (Å²) in [7, 11) is 0. The summed E-state index contributed by atoms with van der Waals surface area (Å²) in [5, 5.41) is 16.8. The summed E-state index contributed by atoms with van der Waals surface area (Å²) in [6.45, 7) is 5.30. The first kappa shape index (κ1) is 30.5. The Labute approximate surface area is 199 Å². The molecule has 13 heteroatoms. The minimum absolute atomic E-state index is 0.0422. The van der Waals surface area contributed by atoms with E-state index in [9.17, 15) is 19.2 Å². The number of carboxylic acids is 1. The first-order chi connectivity index (χ1) is 15.4. The highest BCUT2D eigenvalue weighted by molar-refractivity contribution is 7.98. The van der Waals surface area contributed by atoms with Crippen LogP contribution in [0.5, 0.6) is 0 Å². The summed E-state index contributed by atoms with van der Waals surface area (Å²) >= 11 is 1.50. The predicted octanol–water partition coefficient (Wildman–Crippen LogP) is -1.27. The van der Waals surface area contributed by atoms with Crippen molar-refractivity contribution in [3.05, 3.63) is 0 Å². The molecule has 0 bridgehead atoms. The van der Waals surface area contributed by atoms with Crippen LogP contribution in [0.4, 0.5) is 0 Å². The molecule has 0 aromatic rings. The van der Waals surface area contributed by atoms with E-state index in [0.717, 1.165) is 0 Å². The fourth-order valence-electron chi connectivity index (χ4n) is 2.75. The highest BCUT2D eigenvalue weighted by Crippen LogP contribution is 2.10. The summed E-state index contributed by atoms with van der Waals surface area (Å²) in [6.07, 6.45) is 3.59. The van der Waals surface area contributed by atoms with Gasteiger partial charge in [0.25, 0.3) is 0 Å². The van der Waals surface area contributed by atoms with Crippen molar-refractivity contribution in [2.24, 2.45) is 28.1 Å². The van der Waals surface area contributed by atoms with Gasteiger partial charge in [0.1, 0.15) is 18.1 Å². The third-order valence-corrected chi connectivity index (χ3v) is 5.71. The third kappa shape index (κ3) is 12.3. The van der Waals surface area contributed by atoms with Gasteiger partial charge in [0.15, 0.2) is 5.96 Å². The summed E-state index contributed by atoms with van der Waals surface area (Å²) in [5.41, 5.74) is 16.5. The second-order valence-electron chi connectivity index (χ2n) is 7.84. The average Bonchev–Trinajstić information content (AvgIpc) is 2.76. The average molecular weight is 490 g/mol. The number of hydrogen-bond acceptors (Lipinski definition) is 7. The maximum Gasteiger partial charge on any atom is 0.325 e. The van der Waals surface area contributed by atoms with Crippen molar-refractivity contribution in [3.8, 4) is 0 Å². The Morgan fingerprint density at radius 1 is 1.00 bits per heavy atom. The lowest BCUT2D eigenvalue weighted by molar-refractivity contribution is -0.142. The molecule has 0 spiro atoms. The highest BCUT2D eigenvalue weighted by Gasteiger charge is 2.31. The molecule has 0 heterocycles. The lowest BCUT2D eigenvalue weighted by Crippen LogP contribution is -2.58. The molecule has 0 aliphatic rings. The van der Waals surface area contributed by atoms with Crippen LogP contribution in [0.25, 0.3) is 0 Å². The second-order valence-corrected chi connectivity index (χ2v) is 8.82. The summed E-state index contributed by atoms with van der Waals surface area (Å²) in [4.78, 5) is 53.0.